The van der Waals surface area contributed by atoms with Crippen LogP contribution in [0.2, 0.25) is 0 Å². The molecule has 2 aromatic heterocycles. The van der Waals surface area contributed by atoms with Crippen molar-refractivity contribution in [2.24, 2.45) is 5.41 Å². The van der Waals surface area contributed by atoms with E-state index in [9.17, 15) is 4.79 Å². The van der Waals surface area contributed by atoms with Crippen LogP contribution in [0.15, 0.2) is 23.1 Å². The monoisotopic (exact) mass is 217 g/mol. The highest BCUT2D eigenvalue weighted by molar-refractivity contribution is 5.72. The van der Waals surface area contributed by atoms with Crippen molar-refractivity contribution in [3.63, 3.8) is 0 Å². The first-order valence-corrected chi connectivity index (χ1v) is 5.29. The number of nitrogens with one attached hydrogen (secondary N) is 1. The number of rotatable bonds is 1. The number of aromatic amines is 1. The molecule has 2 heterocycles. The summed E-state index contributed by atoms with van der Waals surface area (Å²) in [7, 11) is 0. The molecule has 84 valence electrons. The van der Waals surface area contributed by atoms with E-state index in [1.54, 1.807) is 12.3 Å². The van der Waals surface area contributed by atoms with Crippen molar-refractivity contribution in [3.8, 4) is 0 Å². The maximum atomic E-state index is 11.2. The molecule has 0 bridgehead atoms. The second-order valence-corrected chi connectivity index (χ2v) is 5.15. The molecule has 2 aromatic rings. The molecule has 0 saturated heterocycles. The van der Waals surface area contributed by atoms with Crippen LogP contribution in [0.5, 0.6) is 0 Å². The Kier molecular flexibility index (Phi) is 2.50. The fraction of sp³-hybridized carbons (Fsp3) is 0.417. The number of hydrogen-bond donors (Lipinski definition) is 1. The van der Waals surface area contributed by atoms with E-state index in [1.165, 1.54) is 6.07 Å². The predicted octanol–water partition coefficient (Wildman–Crippen LogP) is 1.91. The Bertz CT molecular complexity index is 566. The van der Waals surface area contributed by atoms with Crippen LogP contribution in [0, 0.1) is 5.41 Å². The summed E-state index contributed by atoms with van der Waals surface area (Å²) in [5.74, 6) is 0.766. The van der Waals surface area contributed by atoms with Crippen LogP contribution in [0.1, 0.15) is 26.6 Å². The first-order valence-electron chi connectivity index (χ1n) is 5.29. The molecule has 2 rings (SSSR count). The van der Waals surface area contributed by atoms with Crippen LogP contribution >= 0.6 is 0 Å². The predicted molar refractivity (Wildman–Crippen MR) is 63.3 cm³/mol. The third-order valence-electron chi connectivity index (χ3n) is 2.21. The zero-order valence-corrected chi connectivity index (χ0v) is 9.74. The van der Waals surface area contributed by atoms with Gasteiger partial charge < -0.3 is 4.98 Å². The summed E-state index contributed by atoms with van der Waals surface area (Å²) in [6, 6.07) is 3.21. The van der Waals surface area contributed by atoms with Gasteiger partial charge in [-0.3, -0.25) is 4.79 Å². The van der Waals surface area contributed by atoms with Gasteiger partial charge in [0, 0.05) is 24.1 Å². The SMILES string of the molecule is CC(C)(C)Cc1ncc2ccc(=O)[nH]c2n1. The fourth-order valence-corrected chi connectivity index (χ4v) is 1.53. The van der Waals surface area contributed by atoms with E-state index in [0.717, 1.165) is 17.6 Å². The van der Waals surface area contributed by atoms with Crippen molar-refractivity contribution >= 4 is 11.0 Å². The van der Waals surface area contributed by atoms with Gasteiger partial charge in [-0.1, -0.05) is 20.8 Å². The fourth-order valence-electron chi connectivity index (χ4n) is 1.53. The van der Waals surface area contributed by atoms with Crippen molar-refractivity contribution in [2.75, 3.05) is 0 Å². The summed E-state index contributed by atoms with van der Waals surface area (Å²) >= 11 is 0. The Morgan fingerprint density at radius 1 is 1.31 bits per heavy atom. The standard InChI is InChI=1S/C12H15N3O/c1-12(2,3)6-9-13-7-8-4-5-10(16)15-11(8)14-9/h4-5,7H,6H2,1-3H3,(H,13,14,15,16). The quantitative estimate of drug-likeness (QED) is 0.793. The highest BCUT2D eigenvalue weighted by Crippen LogP contribution is 2.18. The third kappa shape index (κ3) is 2.45. The zero-order valence-electron chi connectivity index (χ0n) is 9.74. The second kappa shape index (κ2) is 3.70. The molecule has 0 aliphatic carbocycles. The van der Waals surface area contributed by atoms with E-state index in [1.807, 2.05) is 0 Å². The molecule has 4 heteroatoms. The normalized spacial score (nSPS) is 11.9. The van der Waals surface area contributed by atoms with Crippen molar-refractivity contribution in [1.82, 2.24) is 15.0 Å². The molecule has 0 aliphatic heterocycles. The Labute approximate surface area is 93.8 Å². The lowest BCUT2D eigenvalue weighted by molar-refractivity contribution is 0.401. The van der Waals surface area contributed by atoms with E-state index in [0.29, 0.717) is 5.65 Å². The molecule has 0 atom stereocenters. The minimum absolute atomic E-state index is 0.132. The molecule has 1 N–H and O–H groups in total. The van der Waals surface area contributed by atoms with Gasteiger partial charge in [0.25, 0.3) is 0 Å². The number of hydrogen-bond acceptors (Lipinski definition) is 3. The highest BCUT2D eigenvalue weighted by atomic mass is 16.1. The lowest BCUT2D eigenvalue weighted by Gasteiger charge is -2.16. The molecular formula is C12H15N3O. The molecule has 0 aromatic carbocycles. The van der Waals surface area contributed by atoms with E-state index in [4.69, 9.17) is 0 Å². The van der Waals surface area contributed by atoms with Crippen molar-refractivity contribution in [1.29, 1.82) is 0 Å². The smallest absolute Gasteiger partial charge is 0.249 e. The van der Waals surface area contributed by atoms with Gasteiger partial charge in [0.05, 0.1) is 0 Å². The van der Waals surface area contributed by atoms with Gasteiger partial charge in [-0.2, -0.15) is 0 Å². The van der Waals surface area contributed by atoms with Gasteiger partial charge in [0.2, 0.25) is 5.56 Å². The Morgan fingerprint density at radius 2 is 2.06 bits per heavy atom. The van der Waals surface area contributed by atoms with Crippen LogP contribution in [0.25, 0.3) is 11.0 Å². The first kappa shape index (κ1) is 10.8. The highest BCUT2D eigenvalue weighted by Gasteiger charge is 2.13. The summed E-state index contributed by atoms with van der Waals surface area (Å²) in [6.45, 7) is 6.40. The minimum atomic E-state index is -0.132. The zero-order chi connectivity index (χ0) is 11.8. The van der Waals surface area contributed by atoms with E-state index in [-0.39, 0.29) is 11.0 Å². The summed E-state index contributed by atoms with van der Waals surface area (Å²) in [6.07, 6.45) is 2.54. The van der Waals surface area contributed by atoms with Crippen LogP contribution in [-0.2, 0) is 6.42 Å². The topological polar surface area (TPSA) is 58.6 Å². The van der Waals surface area contributed by atoms with Gasteiger partial charge in [0.15, 0.2) is 0 Å². The molecule has 4 nitrogen and oxygen atoms in total. The van der Waals surface area contributed by atoms with Crippen LogP contribution in [0.3, 0.4) is 0 Å². The lowest BCUT2D eigenvalue weighted by atomic mass is 9.92. The van der Waals surface area contributed by atoms with Crippen molar-refractivity contribution in [3.05, 3.63) is 34.5 Å². The van der Waals surface area contributed by atoms with Crippen LogP contribution in [-0.4, -0.2) is 15.0 Å². The molecule has 0 spiro atoms. The van der Waals surface area contributed by atoms with E-state index in [2.05, 4.69) is 35.7 Å². The van der Waals surface area contributed by atoms with Crippen molar-refractivity contribution in [2.45, 2.75) is 27.2 Å². The van der Waals surface area contributed by atoms with Gasteiger partial charge in [-0.15, -0.1) is 0 Å². The summed E-state index contributed by atoms with van der Waals surface area (Å²) < 4.78 is 0. The summed E-state index contributed by atoms with van der Waals surface area (Å²) in [5.41, 5.74) is 0.623. The van der Waals surface area contributed by atoms with Gasteiger partial charge in [-0.05, 0) is 11.5 Å². The summed E-state index contributed by atoms with van der Waals surface area (Å²) in [5, 5.41) is 0.859. The first-order chi connectivity index (χ1) is 7.44. The van der Waals surface area contributed by atoms with E-state index < -0.39 is 0 Å². The number of pyridine rings is 1. The van der Waals surface area contributed by atoms with Crippen LogP contribution in [0.4, 0.5) is 0 Å². The molecule has 0 fully saturated rings. The molecule has 0 aliphatic rings. The minimum Gasteiger partial charge on any atom is -0.306 e. The Balaban J connectivity index is 2.47. The van der Waals surface area contributed by atoms with Crippen LogP contribution < -0.4 is 5.56 Å². The van der Waals surface area contributed by atoms with Gasteiger partial charge >= 0.3 is 0 Å². The number of H-pyrrole nitrogens is 1. The molecule has 0 amide bonds. The lowest BCUT2D eigenvalue weighted by Crippen LogP contribution is -2.13. The number of aromatic nitrogens is 3. The number of nitrogens with zero attached hydrogens (tertiary/aromatic N) is 2. The molecular weight excluding hydrogens is 202 g/mol. The molecule has 0 radical (unpaired) electrons. The van der Waals surface area contributed by atoms with E-state index >= 15 is 0 Å². The average molecular weight is 217 g/mol. The molecule has 0 unspecified atom stereocenters. The third-order valence-corrected chi connectivity index (χ3v) is 2.21. The Morgan fingerprint density at radius 3 is 2.75 bits per heavy atom. The largest absolute Gasteiger partial charge is 0.306 e. The van der Waals surface area contributed by atoms with Gasteiger partial charge in [0.1, 0.15) is 11.5 Å². The average Bonchev–Trinajstić information content (AvgIpc) is 2.14. The molecule has 16 heavy (non-hydrogen) atoms. The Hall–Kier alpha value is -1.71. The van der Waals surface area contributed by atoms with Crippen molar-refractivity contribution < 1.29 is 0 Å². The maximum Gasteiger partial charge on any atom is 0.249 e. The number of fused-ring (bicyclic) bond motifs is 1. The maximum absolute atomic E-state index is 11.2. The second-order valence-electron chi connectivity index (χ2n) is 5.15. The summed E-state index contributed by atoms with van der Waals surface area (Å²) in [4.78, 5) is 22.5. The molecule has 0 saturated carbocycles. The van der Waals surface area contributed by atoms with Gasteiger partial charge in [-0.25, -0.2) is 9.97 Å².